The molecule has 1 heterocycles. The van der Waals surface area contributed by atoms with Crippen molar-refractivity contribution in [2.45, 2.75) is 64.4 Å². The fraction of sp³-hybridized carbons (Fsp3) is 0.478. The number of aromatic carboxylic acids is 1. The van der Waals surface area contributed by atoms with Crippen molar-refractivity contribution >= 4 is 17.8 Å². The third-order valence-corrected chi connectivity index (χ3v) is 5.40. The van der Waals surface area contributed by atoms with Gasteiger partial charge in [-0.05, 0) is 63.9 Å². The molecule has 7 heteroatoms. The lowest BCUT2D eigenvalue weighted by molar-refractivity contribution is -0.156. The molecule has 1 aliphatic rings. The van der Waals surface area contributed by atoms with Crippen LogP contribution in [0.5, 0.6) is 0 Å². The van der Waals surface area contributed by atoms with Crippen LogP contribution in [-0.2, 0) is 9.53 Å². The molecule has 0 bridgehead atoms. The number of benzene rings is 1. The van der Waals surface area contributed by atoms with Gasteiger partial charge in [0, 0.05) is 12.0 Å². The van der Waals surface area contributed by atoms with Crippen molar-refractivity contribution in [3.05, 3.63) is 41.7 Å². The summed E-state index contributed by atoms with van der Waals surface area (Å²) in [6, 6.07) is 8.00. The Labute approximate surface area is 176 Å². The summed E-state index contributed by atoms with van der Waals surface area (Å²) in [4.78, 5) is 31.3. The minimum Gasteiger partial charge on any atom is -0.476 e. The number of carbonyl (C=O) groups excluding carboxylic acids is 1. The maximum Gasteiger partial charge on any atom is 0.358 e. The maximum absolute atomic E-state index is 12.1. The molecule has 1 aliphatic carbocycles. The third kappa shape index (κ3) is 5.55. The molecule has 30 heavy (non-hydrogen) atoms. The van der Waals surface area contributed by atoms with Gasteiger partial charge in [0.15, 0.2) is 11.5 Å². The smallest absolute Gasteiger partial charge is 0.358 e. The van der Waals surface area contributed by atoms with Crippen molar-refractivity contribution in [2.24, 2.45) is 5.92 Å². The summed E-state index contributed by atoms with van der Waals surface area (Å²) in [5.41, 5.74) is 7.43. The molecule has 1 aromatic carbocycles. The molecular weight excluding hydrogens is 382 g/mol. The average Bonchev–Trinajstić information content (AvgIpc) is 2.67. The van der Waals surface area contributed by atoms with Gasteiger partial charge in [-0.15, -0.1) is 0 Å². The molecular formula is C23H29N3O4. The van der Waals surface area contributed by atoms with E-state index in [1.165, 1.54) is 11.8 Å². The van der Waals surface area contributed by atoms with Crippen LogP contribution in [0.3, 0.4) is 0 Å². The number of hydrogen-bond donors (Lipinski definition) is 2. The van der Waals surface area contributed by atoms with Crippen molar-refractivity contribution in [3.8, 4) is 11.3 Å². The van der Waals surface area contributed by atoms with E-state index in [2.05, 4.69) is 22.1 Å². The van der Waals surface area contributed by atoms with E-state index in [-0.39, 0.29) is 17.5 Å². The van der Waals surface area contributed by atoms with Crippen molar-refractivity contribution in [1.82, 2.24) is 9.97 Å². The van der Waals surface area contributed by atoms with E-state index < -0.39 is 11.6 Å². The van der Waals surface area contributed by atoms with E-state index in [1.54, 1.807) is 0 Å². The van der Waals surface area contributed by atoms with Crippen LogP contribution in [0.15, 0.2) is 30.5 Å². The van der Waals surface area contributed by atoms with Gasteiger partial charge < -0.3 is 15.6 Å². The Balaban J connectivity index is 1.60. The summed E-state index contributed by atoms with van der Waals surface area (Å²) in [5, 5.41) is 9.17. The van der Waals surface area contributed by atoms with Gasteiger partial charge in [-0.2, -0.15) is 0 Å². The summed E-state index contributed by atoms with van der Waals surface area (Å²) >= 11 is 0. The minimum absolute atomic E-state index is 0.0917. The Morgan fingerprint density at radius 2 is 1.77 bits per heavy atom. The molecule has 0 aliphatic heterocycles. The summed E-state index contributed by atoms with van der Waals surface area (Å²) in [7, 11) is 0. The number of carboxylic acids is 1. The topological polar surface area (TPSA) is 115 Å². The van der Waals surface area contributed by atoms with Gasteiger partial charge in [-0.25, -0.2) is 14.8 Å². The van der Waals surface area contributed by atoms with Crippen LogP contribution in [0.4, 0.5) is 5.82 Å². The highest BCUT2D eigenvalue weighted by atomic mass is 16.6. The second kappa shape index (κ2) is 8.81. The van der Waals surface area contributed by atoms with E-state index in [0.717, 1.165) is 31.2 Å². The molecule has 3 N–H and O–H groups in total. The number of carbonyl (C=O) groups is 2. The predicted octanol–water partition coefficient (Wildman–Crippen LogP) is 4.43. The maximum atomic E-state index is 12.1. The molecule has 0 saturated heterocycles. The molecule has 0 atom stereocenters. The highest BCUT2D eigenvalue weighted by Crippen LogP contribution is 2.38. The predicted molar refractivity (Wildman–Crippen MR) is 114 cm³/mol. The Morgan fingerprint density at radius 1 is 1.13 bits per heavy atom. The first-order valence-electron chi connectivity index (χ1n) is 10.3. The molecule has 0 radical (unpaired) electrons. The fourth-order valence-electron chi connectivity index (χ4n) is 3.94. The normalized spacial score (nSPS) is 19.3. The Morgan fingerprint density at radius 3 is 2.33 bits per heavy atom. The number of rotatable bonds is 5. The van der Waals surface area contributed by atoms with Crippen LogP contribution < -0.4 is 5.73 Å². The lowest BCUT2D eigenvalue weighted by Gasteiger charge is -2.29. The standard InChI is InChI=1S/C23H29N3O4/c1-23(2,3)30-19(27)12-14-4-6-15(7-5-14)16-8-10-17(11-9-16)18-13-25-21(24)20(26-18)22(28)29/h8-11,13-15H,4-7,12H2,1-3H3,(H2,24,25)(H,28,29)/t14-,15-. The number of anilines is 1. The largest absolute Gasteiger partial charge is 0.476 e. The van der Waals surface area contributed by atoms with Crippen molar-refractivity contribution in [2.75, 3.05) is 5.73 Å². The number of nitrogens with two attached hydrogens (primary N) is 1. The number of hydrogen-bond acceptors (Lipinski definition) is 6. The Bertz CT molecular complexity index is 911. The van der Waals surface area contributed by atoms with Gasteiger partial charge in [0.2, 0.25) is 0 Å². The lowest BCUT2D eigenvalue weighted by atomic mass is 9.77. The quantitative estimate of drug-likeness (QED) is 0.699. The van der Waals surface area contributed by atoms with E-state index in [1.807, 2.05) is 32.9 Å². The fourth-order valence-corrected chi connectivity index (χ4v) is 3.94. The summed E-state index contributed by atoms with van der Waals surface area (Å²) in [6.07, 6.45) is 6.08. The molecule has 1 fully saturated rings. The number of nitrogens with zero attached hydrogens (tertiary/aromatic N) is 2. The van der Waals surface area contributed by atoms with Gasteiger partial charge in [0.05, 0.1) is 11.9 Å². The van der Waals surface area contributed by atoms with Crippen LogP contribution in [-0.4, -0.2) is 32.6 Å². The molecule has 7 nitrogen and oxygen atoms in total. The van der Waals surface area contributed by atoms with Crippen LogP contribution in [0.2, 0.25) is 0 Å². The highest BCUT2D eigenvalue weighted by Gasteiger charge is 2.26. The number of aromatic nitrogens is 2. The van der Waals surface area contributed by atoms with Crippen molar-refractivity contribution in [3.63, 3.8) is 0 Å². The van der Waals surface area contributed by atoms with E-state index in [0.29, 0.717) is 24.0 Å². The number of nitrogen functional groups attached to an aromatic ring is 1. The second-order valence-corrected chi connectivity index (χ2v) is 8.92. The zero-order valence-corrected chi connectivity index (χ0v) is 17.7. The van der Waals surface area contributed by atoms with E-state index in [4.69, 9.17) is 10.5 Å². The minimum atomic E-state index is -1.19. The zero-order chi connectivity index (χ0) is 21.9. The number of carboxylic acid groups (broad SMARTS) is 1. The lowest BCUT2D eigenvalue weighted by Crippen LogP contribution is -2.26. The zero-order valence-electron chi connectivity index (χ0n) is 17.7. The van der Waals surface area contributed by atoms with Gasteiger partial charge in [-0.3, -0.25) is 4.79 Å². The van der Waals surface area contributed by atoms with Gasteiger partial charge in [-0.1, -0.05) is 24.3 Å². The summed E-state index contributed by atoms with van der Waals surface area (Å²) < 4.78 is 5.44. The molecule has 1 aromatic heterocycles. The van der Waals surface area contributed by atoms with Gasteiger partial charge >= 0.3 is 11.9 Å². The molecule has 0 amide bonds. The van der Waals surface area contributed by atoms with Crippen molar-refractivity contribution in [1.29, 1.82) is 0 Å². The van der Waals surface area contributed by atoms with Crippen LogP contribution in [0.25, 0.3) is 11.3 Å². The van der Waals surface area contributed by atoms with Gasteiger partial charge in [0.25, 0.3) is 0 Å². The highest BCUT2D eigenvalue weighted by molar-refractivity contribution is 5.90. The van der Waals surface area contributed by atoms with E-state index >= 15 is 0 Å². The Kier molecular flexibility index (Phi) is 6.39. The molecule has 160 valence electrons. The first-order valence-corrected chi connectivity index (χ1v) is 10.3. The number of esters is 1. The number of ether oxygens (including phenoxy) is 1. The molecule has 2 aromatic rings. The first kappa shape index (κ1) is 21.7. The van der Waals surface area contributed by atoms with Crippen LogP contribution >= 0.6 is 0 Å². The van der Waals surface area contributed by atoms with Crippen LogP contribution in [0, 0.1) is 5.92 Å². The summed E-state index contributed by atoms with van der Waals surface area (Å²) in [6.45, 7) is 5.68. The monoisotopic (exact) mass is 411 g/mol. The first-order chi connectivity index (χ1) is 14.1. The Hall–Kier alpha value is -2.96. The van der Waals surface area contributed by atoms with Crippen LogP contribution in [0.1, 0.15) is 74.8 Å². The average molecular weight is 412 g/mol. The second-order valence-electron chi connectivity index (χ2n) is 8.92. The SMILES string of the molecule is CC(C)(C)OC(=O)C[C@H]1CC[C@H](c2ccc(-c3cnc(N)c(C(=O)O)n3)cc2)CC1. The summed E-state index contributed by atoms with van der Waals surface area (Å²) in [5.74, 6) is -0.552. The van der Waals surface area contributed by atoms with Gasteiger partial charge in [0.1, 0.15) is 5.60 Å². The third-order valence-electron chi connectivity index (χ3n) is 5.40. The molecule has 0 unspecified atom stereocenters. The van der Waals surface area contributed by atoms with Crippen molar-refractivity contribution < 1.29 is 19.4 Å². The molecule has 1 saturated carbocycles. The molecule has 3 rings (SSSR count). The van der Waals surface area contributed by atoms with E-state index in [9.17, 15) is 14.7 Å². The molecule has 0 spiro atoms.